The minimum absolute atomic E-state index is 0.127. The van der Waals surface area contributed by atoms with Gasteiger partial charge in [-0.25, -0.2) is 4.98 Å². The van der Waals surface area contributed by atoms with Crippen molar-refractivity contribution < 1.29 is 4.79 Å². The molecule has 0 radical (unpaired) electrons. The van der Waals surface area contributed by atoms with Gasteiger partial charge in [0.15, 0.2) is 0 Å². The lowest BCUT2D eigenvalue weighted by molar-refractivity contribution is -0.117. The average molecular weight is 484 g/mol. The topological polar surface area (TPSA) is 49.3 Å². The monoisotopic (exact) mass is 484 g/mol. The summed E-state index contributed by atoms with van der Waals surface area (Å²) < 4.78 is 1.41. The second-order valence-electron chi connectivity index (χ2n) is 4.80. The minimum Gasteiger partial charge on any atom is -0.341 e. The molecule has 1 aromatic rings. The molecule has 19 heavy (non-hydrogen) atoms. The second-order valence-corrected chi connectivity index (χ2v) is 7.24. The maximum absolute atomic E-state index is 11.8. The normalized spacial score (nSPS) is 20.0. The molecule has 5 nitrogen and oxygen atoms in total. The number of hydrogen-bond donors (Lipinski definition) is 0. The fraction of sp³-hybridized carbons (Fsp3) is 0.583. The smallest absolute Gasteiger partial charge is 0.233 e. The Kier molecular flexibility index (Phi) is 4.11. The summed E-state index contributed by atoms with van der Waals surface area (Å²) in [7, 11) is 0. The number of halogens is 2. The van der Waals surface area contributed by atoms with Crippen molar-refractivity contribution in [3.8, 4) is 0 Å². The number of amides is 1. The van der Waals surface area contributed by atoms with Gasteiger partial charge in [0.25, 0.3) is 0 Å². The zero-order chi connectivity index (χ0) is 13.4. The van der Waals surface area contributed by atoms with Crippen LogP contribution in [0.3, 0.4) is 0 Å². The molecule has 2 aliphatic heterocycles. The van der Waals surface area contributed by atoms with Crippen molar-refractivity contribution >= 4 is 62.9 Å². The fourth-order valence-electron chi connectivity index (χ4n) is 2.45. The summed E-state index contributed by atoms with van der Waals surface area (Å²) in [5.74, 6) is 1.70. The van der Waals surface area contributed by atoms with Gasteiger partial charge in [-0.05, 0) is 12.8 Å². The Morgan fingerprint density at radius 1 is 1.37 bits per heavy atom. The molecule has 102 valence electrons. The number of carbonyl (C=O) groups is 1. The zero-order valence-electron chi connectivity index (χ0n) is 10.4. The van der Waals surface area contributed by atoms with E-state index in [9.17, 15) is 4.79 Å². The highest BCUT2D eigenvalue weighted by Gasteiger charge is 2.29. The van der Waals surface area contributed by atoms with Gasteiger partial charge in [-0.2, -0.15) is 4.98 Å². The Morgan fingerprint density at radius 3 is 2.79 bits per heavy atom. The number of piperidine rings is 1. The number of aromatic nitrogens is 2. The number of fused-ring (bicyclic) bond motifs is 1. The van der Waals surface area contributed by atoms with Crippen LogP contribution in [0, 0.1) is 0 Å². The molecule has 1 amide bonds. The van der Waals surface area contributed by atoms with E-state index < -0.39 is 0 Å². The second kappa shape index (κ2) is 5.66. The predicted molar refractivity (Wildman–Crippen MR) is 91.4 cm³/mol. The van der Waals surface area contributed by atoms with Crippen LogP contribution in [-0.2, 0) is 11.2 Å². The van der Waals surface area contributed by atoms with Gasteiger partial charge in [-0.15, -0.1) is 0 Å². The maximum Gasteiger partial charge on any atom is 0.233 e. The first-order valence-corrected chi connectivity index (χ1v) is 9.07. The molecule has 0 atom stereocenters. The lowest BCUT2D eigenvalue weighted by Gasteiger charge is -2.29. The Bertz CT molecular complexity index is 503. The van der Waals surface area contributed by atoms with Crippen molar-refractivity contribution in [3.05, 3.63) is 11.8 Å². The number of nitrogens with zero attached hydrogens (tertiary/aromatic N) is 4. The van der Waals surface area contributed by atoms with Gasteiger partial charge in [0.2, 0.25) is 11.9 Å². The molecule has 0 N–H and O–H groups in total. The van der Waals surface area contributed by atoms with Crippen LogP contribution < -0.4 is 9.80 Å². The lowest BCUT2D eigenvalue weighted by Crippen LogP contribution is -2.35. The Labute approximate surface area is 139 Å². The van der Waals surface area contributed by atoms with Crippen LogP contribution in [0.1, 0.15) is 18.4 Å². The largest absolute Gasteiger partial charge is 0.341 e. The summed E-state index contributed by atoms with van der Waals surface area (Å²) in [4.78, 5) is 24.9. The molecule has 1 aromatic heterocycles. The van der Waals surface area contributed by atoms with Crippen molar-refractivity contribution in [2.24, 2.45) is 0 Å². The molecule has 0 unspecified atom stereocenters. The third-order valence-corrected chi connectivity index (χ3v) is 5.48. The fourth-order valence-corrected chi connectivity index (χ4v) is 3.71. The van der Waals surface area contributed by atoms with Gasteiger partial charge in [-0.3, -0.25) is 9.69 Å². The first-order chi connectivity index (χ1) is 9.19. The van der Waals surface area contributed by atoms with Crippen LogP contribution in [0.15, 0.2) is 6.20 Å². The molecular formula is C12H14I2N4O. The van der Waals surface area contributed by atoms with Crippen LogP contribution in [0.25, 0.3) is 0 Å². The van der Waals surface area contributed by atoms with Crippen LogP contribution in [0.4, 0.5) is 11.8 Å². The minimum atomic E-state index is 0.127. The van der Waals surface area contributed by atoms with Crippen molar-refractivity contribution in [2.75, 3.05) is 27.4 Å². The van der Waals surface area contributed by atoms with E-state index in [-0.39, 0.29) is 5.91 Å². The summed E-state index contributed by atoms with van der Waals surface area (Å²) in [6, 6.07) is 0. The molecule has 0 saturated carbocycles. The van der Waals surface area contributed by atoms with E-state index in [2.05, 4.69) is 60.0 Å². The average Bonchev–Trinajstić information content (AvgIpc) is 2.74. The molecule has 0 aromatic carbocycles. The molecule has 1 fully saturated rings. The zero-order valence-corrected chi connectivity index (χ0v) is 14.7. The summed E-state index contributed by atoms with van der Waals surface area (Å²) in [6.07, 6.45) is 4.61. The maximum atomic E-state index is 11.8. The van der Waals surface area contributed by atoms with Crippen LogP contribution in [-0.4, -0.2) is 37.4 Å². The quantitative estimate of drug-likeness (QED) is 0.367. The molecule has 3 rings (SSSR count). The summed E-state index contributed by atoms with van der Waals surface area (Å²) in [6.45, 7) is 2.01. The van der Waals surface area contributed by atoms with Crippen molar-refractivity contribution in [1.29, 1.82) is 0 Å². The predicted octanol–water partition coefficient (Wildman–Crippen LogP) is 2.16. The first-order valence-electron chi connectivity index (χ1n) is 6.30. The molecule has 3 heterocycles. The number of alkyl halides is 2. The molecule has 7 heteroatoms. The van der Waals surface area contributed by atoms with Crippen molar-refractivity contribution in [2.45, 2.75) is 23.2 Å². The van der Waals surface area contributed by atoms with Gasteiger partial charge < -0.3 is 4.90 Å². The standard InChI is InChI=1S/C12H14I2N4O/c13-7-18-10(19)5-8-6-15-12(16-11(8)18)17-3-1-9(14)2-4-17/h6,9H,1-5,7H2. The van der Waals surface area contributed by atoms with E-state index in [1.807, 2.05) is 6.20 Å². The summed E-state index contributed by atoms with van der Waals surface area (Å²) >= 11 is 4.71. The number of anilines is 2. The van der Waals surface area contributed by atoms with Gasteiger partial charge in [-0.1, -0.05) is 45.2 Å². The van der Waals surface area contributed by atoms with E-state index in [0.717, 1.165) is 34.3 Å². The molecule has 1 saturated heterocycles. The Balaban J connectivity index is 1.86. The van der Waals surface area contributed by atoms with E-state index >= 15 is 0 Å². The number of rotatable bonds is 2. The highest BCUT2D eigenvalue weighted by molar-refractivity contribution is 14.1. The highest BCUT2D eigenvalue weighted by atomic mass is 127. The SMILES string of the molecule is O=C1Cc2cnc(N3CCC(I)CC3)nc2N1CI. The lowest BCUT2D eigenvalue weighted by atomic mass is 10.1. The number of hydrogen-bond acceptors (Lipinski definition) is 4. The van der Waals surface area contributed by atoms with E-state index in [4.69, 9.17) is 0 Å². The molecule has 0 spiro atoms. The van der Waals surface area contributed by atoms with E-state index in [0.29, 0.717) is 11.0 Å². The van der Waals surface area contributed by atoms with Crippen LogP contribution >= 0.6 is 45.2 Å². The molecular weight excluding hydrogens is 470 g/mol. The van der Waals surface area contributed by atoms with Crippen LogP contribution in [0.5, 0.6) is 0 Å². The summed E-state index contributed by atoms with van der Waals surface area (Å²) in [5.41, 5.74) is 0.953. The molecule has 0 bridgehead atoms. The highest BCUT2D eigenvalue weighted by Crippen LogP contribution is 2.29. The van der Waals surface area contributed by atoms with E-state index in [1.54, 1.807) is 4.90 Å². The third kappa shape index (κ3) is 2.67. The van der Waals surface area contributed by atoms with E-state index in [1.165, 1.54) is 12.8 Å². The van der Waals surface area contributed by atoms with Crippen molar-refractivity contribution in [1.82, 2.24) is 9.97 Å². The van der Waals surface area contributed by atoms with Crippen molar-refractivity contribution in [3.63, 3.8) is 0 Å². The summed E-state index contributed by atoms with van der Waals surface area (Å²) in [5, 5.41) is 0. The van der Waals surface area contributed by atoms with Gasteiger partial charge >= 0.3 is 0 Å². The van der Waals surface area contributed by atoms with Crippen LogP contribution in [0.2, 0.25) is 0 Å². The Morgan fingerprint density at radius 2 is 2.11 bits per heavy atom. The molecule has 2 aliphatic rings. The first kappa shape index (κ1) is 13.8. The number of carbonyl (C=O) groups excluding carboxylic acids is 1. The molecule has 0 aliphatic carbocycles. The third-order valence-electron chi connectivity index (χ3n) is 3.55. The van der Waals surface area contributed by atoms with Gasteiger partial charge in [0.05, 0.1) is 11.0 Å². The van der Waals surface area contributed by atoms with Gasteiger partial charge in [0.1, 0.15) is 5.82 Å². The Hall–Kier alpha value is -0.190. The van der Waals surface area contributed by atoms with Gasteiger partial charge in [0, 0.05) is 28.8 Å².